The fourth-order valence-corrected chi connectivity index (χ4v) is 6.73. The third-order valence-corrected chi connectivity index (χ3v) is 9.03. The first-order valence-electron chi connectivity index (χ1n) is 13.7. The summed E-state index contributed by atoms with van der Waals surface area (Å²) in [4.78, 5) is 30.9. The molecule has 4 aromatic rings. The number of aromatic nitrogens is 5. The first kappa shape index (κ1) is 24.4. The number of nitrogens with zero attached hydrogens (tertiary/aromatic N) is 6. The topological polar surface area (TPSA) is 104 Å². The summed E-state index contributed by atoms with van der Waals surface area (Å²) in [5.74, 6) is 1.52. The van der Waals surface area contributed by atoms with Crippen LogP contribution in [0.3, 0.4) is 0 Å². The Morgan fingerprint density at radius 3 is 2.73 bits per heavy atom. The minimum absolute atomic E-state index is 0.0532. The van der Waals surface area contributed by atoms with Gasteiger partial charge in [0.25, 0.3) is 5.56 Å². The van der Waals surface area contributed by atoms with Gasteiger partial charge in [-0.1, -0.05) is 23.7 Å². The van der Waals surface area contributed by atoms with E-state index < -0.39 is 5.60 Å². The molecular formula is C31H25ClN6O3. The number of hydrogen-bond donors (Lipinski definition) is 0. The van der Waals surface area contributed by atoms with Crippen molar-refractivity contribution in [1.29, 1.82) is 0 Å². The number of carbonyl (C=O) groups is 1. The standard InChI is InChI=1S/C31H25ClN6O3/c1-31(2)28(39)10-17-4-3-16(9-27(17)41-31)19-7-24(33-14-19)30-23-13-22(23)26-8-18(11-29(40)38(26)30)21-12-20(32)5-6-25(21)37-15-34-35-36-37/h3-6,8-9,11-12,14-15,22-23,30H,7,10,13H2,1-2H3/t22-,23+,30+/m1/s1. The zero-order valence-electron chi connectivity index (χ0n) is 22.4. The summed E-state index contributed by atoms with van der Waals surface area (Å²) < 4.78 is 9.56. The van der Waals surface area contributed by atoms with Crippen LogP contribution in [0.4, 0.5) is 0 Å². The van der Waals surface area contributed by atoms with Crippen LogP contribution in [-0.4, -0.2) is 41.9 Å². The first-order valence-corrected chi connectivity index (χ1v) is 14.1. The average Bonchev–Trinajstić information content (AvgIpc) is 3.28. The SMILES string of the molecule is CC1(C)Oc2cc(C3=CN=C([C@@H]4[C@H]5C[C@H]5c5cc(-c6cc(Cl)ccc6-n6cnnn6)cc(=O)n54)C3)ccc2CC1=O. The number of tetrazole rings is 1. The largest absolute Gasteiger partial charge is 0.480 e. The third kappa shape index (κ3) is 3.83. The van der Waals surface area contributed by atoms with Gasteiger partial charge in [0.2, 0.25) is 0 Å². The van der Waals surface area contributed by atoms with Crippen molar-refractivity contribution in [3.8, 4) is 22.6 Å². The highest BCUT2D eigenvalue weighted by Crippen LogP contribution is 2.60. The second-order valence-electron chi connectivity index (χ2n) is 11.7. The number of Topliss-reactive ketones (excluding diaryl/α,β-unsaturated/α-hetero) is 1. The van der Waals surface area contributed by atoms with Crippen LogP contribution in [0, 0.1) is 5.92 Å². The minimum atomic E-state index is -0.829. The molecule has 204 valence electrons. The zero-order chi connectivity index (χ0) is 28.0. The van der Waals surface area contributed by atoms with Gasteiger partial charge < -0.3 is 9.30 Å². The number of rotatable bonds is 4. The predicted molar refractivity (Wildman–Crippen MR) is 154 cm³/mol. The maximum absolute atomic E-state index is 13.7. The Morgan fingerprint density at radius 1 is 1.02 bits per heavy atom. The van der Waals surface area contributed by atoms with E-state index in [1.807, 2.05) is 54.9 Å². The minimum Gasteiger partial charge on any atom is -0.480 e. The highest BCUT2D eigenvalue weighted by Gasteiger charge is 2.54. The van der Waals surface area contributed by atoms with E-state index in [9.17, 15) is 9.59 Å². The quantitative estimate of drug-likeness (QED) is 0.346. The molecule has 0 N–H and O–H groups in total. The number of benzene rings is 2. The van der Waals surface area contributed by atoms with Crippen molar-refractivity contribution in [2.75, 3.05) is 0 Å². The van der Waals surface area contributed by atoms with Crippen molar-refractivity contribution < 1.29 is 9.53 Å². The Balaban J connectivity index is 1.10. The van der Waals surface area contributed by atoms with Crippen LogP contribution in [0.5, 0.6) is 5.75 Å². The molecule has 2 aromatic heterocycles. The van der Waals surface area contributed by atoms with Gasteiger partial charge in [-0.15, -0.1) is 5.10 Å². The summed E-state index contributed by atoms with van der Waals surface area (Å²) in [6.07, 6.45) is 5.52. The van der Waals surface area contributed by atoms with Gasteiger partial charge in [-0.05, 0) is 83.6 Å². The number of hydrogen-bond acceptors (Lipinski definition) is 7. The highest BCUT2D eigenvalue weighted by atomic mass is 35.5. The van der Waals surface area contributed by atoms with Crippen molar-refractivity contribution in [3.05, 3.63) is 93.3 Å². The number of ether oxygens (including phenoxy) is 1. The lowest BCUT2D eigenvalue weighted by Gasteiger charge is -2.31. The van der Waals surface area contributed by atoms with Gasteiger partial charge in [-0.2, -0.15) is 4.68 Å². The average molecular weight is 565 g/mol. The van der Waals surface area contributed by atoms with E-state index in [4.69, 9.17) is 21.3 Å². The molecule has 3 aliphatic heterocycles. The van der Waals surface area contributed by atoms with Gasteiger partial charge in [-0.25, -0.2) is 0 Å². The Bertz CT molecular complexity index is 1910. The number of halogens is 1. The summed E-state index contributed by atoms with van der Waals surface area (Å²) in [5.41, 5.74) is 6.53. The molecule has 0 radical (unpaired) electrons. The van der Waals surface area contributed by atoms with Crippen LogP contribution in [0.2, 0.25) is 5.02 Å². The maximum Gasteiger partial charge on any atom is 0.251 e. The van der Waals surface area contributed by atoms with Crippen molar-refractivity contribution in [1.82, 2.24) is 24.8 Å². The number of fused-ring (bicyclic) bond motifs is 4. The molecule has 3 atom stereocenters. The summed E-state index contributed by atoms with van der Waals surface area (Å²) in [6.45, 7) is 3.62. The molecule has 41 heavy (non-hydrogen) atoms. The van der Waals surface area contributed by atoms with Gasteiger partial charge in [0, 0.05) is 58.6 Å². The lowest BCUT2D eigenvalue weighted by atomic mass is 9.90. The smallest absolute Gasteiger partial charge is 0.251 e. The highest BCUT2D eigenvalue weighted by molar-refractivity contribution is 6.31. The fraction of sp³-hybridized carbons (Fsp3) is 0.290. The van der Waals surface area contributed by atoms with E-state index in [0.29, 0.717) is 29.7 Å². The van der Waals surface area contributed by atoms with Crippen LogP contribution in [-0.2, 0) is 11.2 Å². The predicted octanol–water partition coefficient (Wildman–Crippen LogP) is 4.97. The van der Waals surface area contributed by atoms with Crippen LogP contribution in [0.15, 0.2) is 70.8 Å². The lowest BCUT2D eigenvalue weighted by molar-refractivity contribution is -0.132. The second-order valence-corrected chi connectivity index (χ2v) is 12.2. The van der Waals surface area contributed by atoms with Crippen LogP contribution >= 0.6 is 11.6 Å². The molecule has 9 nitrogen and oxygen atoms in total. The molecule has 1 fully saturated rings. The number of carbonyl (C=O) groups excluding carboxylic acids is 1. The van der Waals surface area contributed by atoms with Crippen LogP contribution in [0.25, 0.3) is 22.4 Å². The molecule has 10 heteroatoms. The number of ketones is 1. The maximum atomic E-state index is 13.7. The second kappa shape index (κ2) is 8.57. The number of aliphatic imine (C=N–C) groups is 1. The summed E-state index contributed by atoms with van der Waals surface area (Å²) >= 11 is 6.37. The monoisotopic (exact) mass is 564 g/mol. The van der Waals surface area contributed by atoms with Gasteiger partial charge in [0.05, 0.1) is 11.7 Å². The molecule has 2 aromatic carbocycles. The fourth-order valence-electron chi connectivity index (χ4n) is 6.56. The first-order chi connectivity index (χ1) is 19.8. The molecular weight excluding hydrogens is 540 g/mol. The van der Waals surface area contributed by atoms with Gasteiger partial charge >= 0.3 is 0 Å². The molecule has 0 saturated heterocycles. The summed E-state index contributed by atoms with van der Waals surface area (Å²) in [5, 5.41) is 12.1. The molecule has 0 unspecified atom stereocenters. The van der Waals surface area contributed by atoms with Gasteiger partial charge in [-0.3, -0.25) is 14.6 Å². The Labute approximate surface area is 240 Å². The molecule has 1 saturated carbocycles. The van der Waals surface area contributed by atoms with Crippen molar-refractivity contribution in [2.24, 2.45) is 10.9 Å². The molecule has 8 rings (SSSR count). The van der Waals surface area contributed by atoms with E-state index in [1.54, 1.807) is 16.8 Å². The number of allylic oxidation sites excluding steroid dienone is 1. The zero-order valence-corrected chi connectivity index (χ0v) is 23.2. The number of pyridine rings is 1. The van der Waals surface area contributed by atoms with E-state index in [-0.39, 0.29) is 17.4 Å². The summed E-state index contributed by atoms with van der Waals surface area (Å²) in [6, 6.07) is 15.2. The van der Waals surface area contributed by atoms with Crippen LogP contribution < -0.4 is 10.3 Å². The molecule has 0 spiro atoms. The molecule has 0 amide bonds. The molecule has 4 aliphatic rings. The van der Waals surface area contributed by atoms with Crippen molar-refractivity contribution in [3.63, 3.8) is 0 Å². The molecule has 1 aliphatic carbocycles. The van der Waals surface area contributed by atoms with Crippen molar-refractivity contribution in [2.45, 2.75) is 50.7 Å². The third-order valence-electron chi connectivity index (χ3n) is 8.79. The normalized spacial score (nSPS) is 23.3. The van der Waals surface area contributed by atoms with E-state index in [2.05, 4.69) is 21.6 Å². The van der Waals surface area contributed by atoms with Gasteiger partial charge in [0.1, 0.15) is 12.1 Å². The van der Waals surface area contributed by atoms with E-state index in [1.165, 1.54) is 6.33 Å². The Morgan fingerprint density at radius 2 is 1.90 bits per heavy atom. The Hall–Kier alpha value is -4.37. The molecule has 5 heterocycles. The Kier molecular flexibility index (Phi) is 5.10. The summed E-state index contributed by atoms with van der Waals surface area (Å²) in [7, 11) is 0. The van der Waals surface area contributed by atoms with E-state index >= 15 is 0 Å². The van der Waals surface area contributed by atoms with Crippen LogP contribution in [0.1, 0.15) is 55.5 Å². The lowest BCUT2D eigenvalue weighted by Crippen LogP contribution is -2.42. The van der Waals surface area contributed by atoms with E-state index in [0.717, 1.165) is 57.1 Å². The van der Waals surface area contributed by atoms with Gasteiger partial charge in [0.15, 0.2) is 11.4 Å². The molecule has 0 bridgehead atoms. The van der Waals surface area contributed by atoms with Crippen molar-refractivity contribution >= 4 is 28.7 Å².